The Labute approximate surface area is 149 Å². The molecule has 0 radical (unpaired) electrons. The zero-order chi connectivity index (χ0) is 18.9. The molecule has 1 saturated heterocycles. The van der Waals surface area contributed by atoms with Gasteiger partial charge in [0.15, 0.2) is 0 Å². The van der Waals surface area contributed by atoms with Crippen LogP contribution in [0, 0.1) is 0 Å². The van der Waals surface area contributed by atoms with Crippen molar-refractivity contribution in [2.45, 2.75) is 18.4 Å². The summed E-state index contributed by atoms with van der Waals surface area (Å²) in [6.45, 7) is -0.349. The molecule has 2 aromatic rings. The third kappa shape index (κ3) is 3.03. The highest BCUT2D eigenvalue weighted by atomic mass is 32.1. The summed E-state index contributed by atoms with van der Waals surface area (Å²) in [4.78, 5) is 37.1. The number of benzene rings is 1. The summed E-state index contributed by atoms with van der Waals surface area (Å²) in [5, 5.41) is 4.77. The van der Waals surface area contributed by atoms with E-state index >= 15 is 0 Å². The molecule has 1 aliphatic heterocycles. The first kappa shape index (κ1) is 17.9. The molecule has 6 nitrogen and oxygen atoms in total. The van der Waals surface area contributed by atoms with Gasteiger partial charge in [0.25, 0.3) is 17.5 Å². The largest absolute Gasteiger partial charge is 0.440 e. The minimum Gasteiger partial charge on any atom is -0.313 e. The van der Waals surface area contributed by atoms with Gasteiger partial charge < -0.3 is 5.32 Å². The third-order valence-electron chi connectivity index (χ3n) is 3.76. The molecule has 136 valence electrons. The summed E-state index contributed by atoms with van der Waals surface area (Å²) in [6, 6.07) is 9.65. The van der Waals surface area contributed by atoms with E-state index in [1.807, 2.05) is 0 Å². The summed E-state index contributed by atoms with van der Waals surface area (Å²) >= 11 is 0.912. The fraction of sp³-hybridized carbons (Fsp3) is 0.188. The Hall–Kier alpha value is -2.88. The molecule has 1 fully saturated rings. The molecule has 0 unspecified atom stereocenters. The fourth-order valence-electron chi connectivity index (χ4n) is 2.47. The van der Waals surface area contributed by atoms with Crippen LogP contribution in [0.5, 0.6) is 0 Å². The Bertz CT molecular complexity index is 839. The summed E-state index contributed by atoms with van der Waals surface area (Å²) in [7, 11) is 0. The quantitative estimate of drug-likeness (QED) is 0.797. The summed E-state index contributed by atoms with van der Waals surface area (Å²) in [5.41, 5.74) is -3.03. The van der Waals surface area contributed by atoms with E-state index < -0.39 is 29.7 Å². The fourth-order valence-corrected chi connectivity index (χ4v) is 3.09. The van der Waals surface area contributed by atoms with Crippen LogP contribution in [0.1, 0.15) is 15.2 Å². The number of rotatable bonds is 4. The van der Waals surface area contributed by atoms with Crippen LogP contribution in [0.25, 0.3) is 0 Å². The number of halogens is 3. The van der Waals surface area contributed by atoms with Gasteiger partial charge in [-0.15, -0.1) is 11.3 Å². The van der Waals surface area contributed by atoms with E-state index in [0.29, 0.717) is 10.5 Å². The number of imide groups is 1. The second-order valence-corrected chi connectivity index (χ2v) is 6.43. The minimum absolute atomic E-state index is 0.0165. The maximum atomic E-state index is 13.7. The lowest BCUT2D eigenvalue weighted by atomic mass is 10.1. The van der Waals surface area contributed by atoms with E-state index in [-0.39, 0.29) is 11.4 Å². The van der Waals surface area contributed by atoms with Crippen LogP contribution in [0.15, 0.2) is 47.8 Å². The van der Waals surface area contributed by atoms with Gasteiger partial charge >= 0.3 is 12.2 Å². The lowest BCUT2D eigenvalue weighted by Gasteiger charge is -2.29. The van der Waals surface area contributed by atoms with Gasteiger partial charge in [0.2, 0.25) is 0 Å². The number of nitrogens with one attached hydrogen (secondary N) is 2. The predicted molar refractivity (Wildman–Crippen MR) is 86.1 cm³/mol. The van der Waals surface area contributed by atoms with Gasteiger partial charge in [-0.3, -0.25) is 19.8 Å². The monoisotopic (exact) mass is 383 g/mol. The topological polar surface area (TPSA) is 78.5 Å². The van der Waals surface area contributed by atoms with Gasteiger partial charge in [-0.05, 0) is 17.0 Å². The van der Waals surface area contributed by atoms with Gasteiger partial charge in [0.1, 0.15) is 0 Å². The Kier molecular flexibility index (Phi) is 4.45. The highest BCUT2D eigenvalue weighted by molar-refractivity contribution is 7.12. The van der Waals surface area contributed by atoms with Crippen molar-refractivity contribution in [3.8, 4) is 0 Å². The Morgan fingerprint density at radius 1 is 1.15 bits per heavy atom. The van der Waals surface area contributed by atoms with Gasteiger partial charge in [0, 0.05) is 0 Å². The first-order valence-corrected chi connectivity index (χ1v) is 8.23. The highest BCUT2D eigenvalue weighted by Crippen LogP contribution is 2.34. The normalized spacial score (nSPS) is 20.2. The van der Waals surface area contributed by atoms with Crippen molar-refractivity contribution < 1.29 is 27.6 Å². The number of thiophene rings is 1. The number of nitrogens with zero attached hydrogens (tertiary/aromatic N) is 1. The van der Waals surface area contributed by atoms with Crippen LogP contribution in [-0.4, -0.2) is 34.6 Å². The number of alkyl halides is 3. The van der Waals surface area contributed by atoms with Crippen molar-refractivity contribution in [3.63, 3.8) is 0 Å². The Morgan fingerprint density at radius 2 is 1.85 bits per heavy atom. The zero-order valence-corrected chi connectivity index (χ0v) is 13.9. The highest BCUT2D eigenvalue weighted by Gasteiger charge is 2.68. The maximum absolute atomic E-state index is 13.7. The number of carbonyl (C=O) groups is 3. The molecule has 1 aromatic carbocycles. The lowest BCUT2D eigenvalue weighted by molar-refractivity contribution is -0.200. The molecule has 1 atom stereocenters. The smallest absolute Gasteiger partial charge is 0.313 e. The number of hydrogen-bond donors (Lipinski definition) is 2. The first-order chi connectivity index (χ1) is 12.2. The van der Waals surface area contributed by atoms with Crippen molar-refractivity contribution in [2.24, 2.45) is 0 Å². The molecule has 0 spiro atoms. The number of hydrogen-bond acceptors (Lipinski definition) is 4. The molecule has 1 aromatic heterocycles. The molecule has 0 aliphatic carbocycles. The van der Waals surface area contributed by atoms with Gasteiger partial charge in [0.05, 0.1) is 11.4 Å². The molecule has 2 heterocycles. The van der Waals surface area contributed by atoms with E-state index in [1.54, 1.807) is 41.0 Å². The number of urea groups is 1. The molecular weight excluding hydrogens is 371 g/mol. The molecular formula is C16H12F3N3O3S. The van der Waals surface area contributed by atoms with E-state index in [4.69, 9.17) is 0 Å². The van der Waals surface area contributed by atoms with Crippen LogP contribution in [-0.2, 0) is 11.3 Å². The zero-order valence-electron chi connectivity index (χ0n) is 13.0. The standard InChI is InChI=1S/C16H12F3N3O3S/c17-16(18,19)15(20-12(23)11-7-4-8-26-11)13(24)22(14(25)21-15)9-10-5-2-1-3-6-10/h1-8H,9H2,(H,20,23)(H,21,25)/t15-/m0/s1. The molecule has 0 saturated carbocycles. The second-order valence-electron chi connectivity index (χ2n) is 5.49. The van der Waals surface area contributed by atoms with E-state index in [9.17, 15) is 27.6 Å². The second kappa shape index (κ2) is 6.45. The summed E-state index contributed by atoms with van der Waals surface area (Å²) in [6.07, 6.45) is -5.22. The van der Waals surface area contributed by atoms with E-state index in [1.165, 1.54) is 17.5 Å². The first-order valence-electron chi connectivity index (χ1n) is 7.35. The van der Waals surface area contributed by atoms with Crippen LogP contribution < -0.4 is 10.6 Å². The SMILES string of the molecule is O=C(N[C@]1(C(F)(F)F)NC(=O)N(Cc2ccccc2)C1=O)c1cccs1. The molecule has 26 heavy (non-hydrogen) atoms. The average molecular weight is 383 g/mol. The number of carbonyl (C=O) groups excluding carboxylic acids is 3. The molecule has 3 rings (SSSR count). The summed E-state index contributed by atoms with van der Waals surface area (Å²) < 4.78 is 41.0. The molecule has 4 amide bonds. The van der Waals surface area contributed by atoms with Crippen molar-refractivity contribution in [1.29, 1.82) is 0 Å². The van der Waals surface area contributed by atoms with Crippen LogP contribution in [0.2, 0.25) is 0 Å². The maximum Gasteiger partial charge on any atom is 0.440 e. The van der Waals surface area contributed by atoms with Crippen LogP contribution >= 0.6 is 11.3 Å². The molecule has 0 bridgehead atoms. The van der Waals surface area contributed by atoms with Crippen molar-refractivity contribution in [2.75, 3.05) is 0 Å². The van der Waals surface area contributed by atoms with Gasteiger partial charge in [-0.2, -0.15) is 13.2 Å². The number of amides is 4. The molecule has 2 N–H and O–H groups in total. The predicted octanol–water partition coefficient (Wildman–Crippen LogP) is 2.49. The van der Waals surface area contributed by atoms with Crippen LogP contribution in [0.3, 0.4) is 0 Å². The summed E-state index contributed by atoms with van der Waals surface area (Å²) in [5.74, 6) is -2.68. The minimum atomic E-state index is -5.22. The molecule has 10 heteroatoms. The average Bonchev–Trinajstić information content (AvgIpc) is 3.19. The van der Waals surface area contributed by atoms with Crippen molar-refractivity contribution >= 4 is 29.2 Å². The van der Waals surface area contributed by atoms with E-state index in [0.717, 1.165) is 11.3 Å². The van der Waals surface area contributed by atoms with Crippen molar-refractivity contribution in [1.82, 2.24) is 15.5 Å². The van der Waals surface area contributed by atoms with E-state index in [2.05, 4.69) is 0 Å². The molecule has 1 aliphatic rings. The van der Waals surface area contributed by atoms with Crippen LogP contribution in [0.4, 0.5) is 18.0 Å². The lowest BCUT2D eigenvalue weighted by Crippen LogP contribution is -2.69. The van der Waals surface area contributed by atoms with Crippen molar-refractivity contribution in [3.05, 3.63) is 58.3 Å². The van der Waals surface area contributed by atoms with Gasteiger partial charge in [-0.25, -0.2) is 4.79 Å². The Balaban J connectivity index is 1.91. The Morgan fingerprint density at radius 3 is 2.42 bits per heavy atom. The third-order valence-corrected chi connectivity index (χ3v) is 4.63. The van der Waals surface area contributed by atoms with Gasteiger partial charge in [-0.1, -0.05) is 36.4 Å².